The SMILES string of the molecule is COc1cc(/C=C(\NC(=O)c2ccccc2)C(=O)Nc2ccc(SCC(=O)Nc3nc(-c4ccc(Cl)c(Cl)c4)cs3)cc2)cc(OC)c1OC. The van der Waals surface area contributed by atoms with Gasteiger partial charge in [0.1, 0.15) is 5.70 Å². The summed E-state index contributed by atoms with van der Waals surface area (Å²) in [7, 11) is 4.47. The molecule has 3 amide bonds. The van der Waals surface area contributed by atoms with Crippen LogP contribution in [0.25, 0.3) is 17.3 Å². The Morgan fingerprint density at radius 3 is 2.18 bits per heavy atom. The standard InChI is InChI=1S/C36H30Cl2N4O6S2/c1-46-30-16-21(17-31(47-2)33(30)48-3)15-28(40-34(44)22-7-5-4-6-8-22)35(45)39-24-10-12-25(13-11-24)49-20-32(43)42-36-41-29(19-50-36)23-9-14-26(37)27(38)18-23/h4-19H,20H2,1-3H3,(H,39,45)(H,40,44)(H,41,42,43)/b28-15-. The highest BCUT2D eigenvalue weighted by Crippen LogP contribution is 2.39. The van der Waals surface area contributed by atoms with Crippen molar-refractivity contribution in [1.82, 2.24) is 10.3 Å². The number of amides is 3. The van der Waals surface area contributed by atoms with Crippen molar-refractivity contribution in [1.29, 1.82) is 0 Å². The zero-order valence-electron chi connectivity index (χ0n) is 26.9. The number of hydrogen-bond acceptors (Lipinski definition) is 9. The zero-order valence-corrected chi connectivity index (χ0v) is 30.1. The summed E-state index contributed by atoms with van der Waals surface area (Å²) in [6.45, 7) is 0. The van der Waals surface area contributed by atoms with E-state index in [1.807, 2.05) is 11.4 Å². The van der Waals surface area contributed by atoms with Crippen molar-refractivity contribution in [3.63, 3.8) is 0 Å². The van der Waals surface area contributed by atoms with Crippen molar-refractivity contribution in [3.8, 4) is 28.5 Å². The molecule has 5 aromatic rings. The summed E-state index contributed by atoms with van der Waals surface area (Å²) >= 11 is 14.8. The molecule has 0 aliphatic carbocycles. The lowest BCUT2D eigenvalue weighted by molar-refractivity contribution is -0.114. The third kappa shape index (κ3) is 9.36. The number of carbonyl (C=O) groups is 3. The van der Waals surface area contributed by atoms with Crippen LogP contribution in [-0.4, -0.2) is 49.8 Å². The van der Waals surface area contributed by atoms with Gasteiger partial charge in [-0.2, -0.15) is 0 Å². The Morgan fingerprint density at radius 2 is 1.54 bits per heavy atom. The monoisotopic (exact) mass is 748 g/mol. The molecule has 3 N–H and O–H groups in total. The van der Waals surface area contributed by atoms with Gasteiger partial charge >= 0.3 is 0 Å². The van der Waals surface area contributed by atoms with Gasteiger partial charge in [-0.15, -0.1) is 23.1 Å². The summed E-state index contributed by atoms with van der Waals surface area (Å²) in [6.07, 6.45) is 1.51. The van der Waals surface area contributed by atoms with E-state index in [0.29, 0.717) is 54.9 Å². The minimum Gasteiger partial charge on any atom is -0.493 e. The molecule has 10 nitrogen and oxygen atoms in total. The minimum atomic E-state index is -0.563. The third-order valence-corrected chi connectivity index (χ3v) is 9.48. The van der Waals surface area contributed by atoms with Crippen molar-refractivity contribution in [2.24, 2.45) is 0 Å². The highest BCUT2D eigenvalue weighted by Gasteiger charge is 2.18. The Kier molecular flexibility index (Phi) is 12.4. The van der Waals surface area contributed by atoms with Crippen LogP contribution in [0, 0.1) is 0 Å². The number of thiazole rings is 1. The summed E-state index contributed by atoms with van der Waals surface area (Å²) < 4.78 is 16.3. The van der Waals surface area contributed by atoms with Crippen LogP contribution in [-0.2, 0) is 9.59 Å². The lowest BCUT2D eigenvalue weighted by atomic mass is 10.1. The van der Waals surface area contributed by atoms with Crippen LogP contribution in [0.1, 0.15) is 15.9 Å². The average molecular weight is 750 g/mol. The van der Waals surface area contributed by atoms with Gasteiger partial charge in [-0.1, -0.05) is 47.5 Å². The highest BCUT2D eigenvalue weighted by molar-refractivity contribution is 8.00. The molecule has 0 atom stereocenters. The predicted molar refractivity (Wildman–Crippen MR) is 200 cm³/mol. The van der Waals surface area contributed by atoms with Crippen molar-refractivity contribution in [3.05, 3.63) is 117 Å². The Morgan fingerprint density at radius 1 is 0.840 bits per heavy atom. The normalized spacial score (nSPS) is 11.0. The van der Waals surface area contributed by atoms with Crippen molar-refractivity contribution in [2.45, 2.75) is 4.90 Å². The number of benzene rings is 4. The fourth-order valence-electron chi connectivity index (χ4n) is 4.55. The molecule has 0 aliphatic rings. The number of hydrogen-bond donors (Lipinski definition) is 3. The number of nitrogens with zero attached hydrogens (tertiary/aromatic N) is 1. The smallest absolute Gasteiger partial charge is 0.272 e. The van der Waals surface area contributed by atoms with Gasteiger partial charge in [0.05, 0.1) is 42.8 Å². The maximum Gasteiger partial charge on any atom is 0.272 e. The van der Waals surface area contributed by atoms with Crippen molar-refractivity contribution >= 4 is 80.9 Å². The first kappa shape index (κ1) is 36.3. The second-order valence-corrected chi connectivity index (χ2v) is 13.0. The van der Waals surface area contributed by atoms with Gasteiger partial charge in [-0.05, 0) is 72.3 Å². The number of thioether (sulfide) groups is 1. The second kappa shape index (κ2) is 17.1. The van der Waals surface area contributed by atoms with Gasteiger partial charge in [0, 0.05) is 27.1 Å². The molecule has 4 aromatic carbocycles. The van der Waals surface area contributed by atoms with Gasteiger partial charge in [0.2, 0.25) is 11.7 Å². The molecule has 0 radical (unpaired) electrons. The molecule has 0 saturated heterocycles. The Balaban J connectivity index is 1.24. The second-order valence-electron chi connectivity index (χ2n) is 10.3. The quantitative estimate of drug-likeness (QED) is 0.0811. The Bertz CT molecular complexity index is 2010. The van der Waals surface area contributed by atoms with Crippen LogP contribution in [0.4, 0.5) is 10.8 Å². The fraction of sp³-hybridized carbons (Fsp3) is 0.111. The first-order chi connectivity index (χ1) is 24.2. The first-order valence-electron chi connectivity index (χ1n) is 14.8. The number of halogens is 2. The molecule has 0 saturated carbocycles. The maximum atomic E-state index is 13.6. The third-order valence-electron chi connectivity index (χ3n) is 6.97. The largest absolute Gasteiger partial charge is 0.493 e. The molecule has 5 rings (SSSR count). The van der Waals surface area contributed by atoms with Gasteiger partial charge in [-0.3, -0.25) is 14.4 Å². The van der Waals surface area contributed by atoms with E-state index >= 15 is 0 Å². The molecule has 50 heavy (non-hydrogen) atoms. The number of nitrogens with one attached hydrogen (secondary N) is 3. The molecule has 0 aliphatic heterocycles. The van der Waals surface area contributed by atoms with Crippen LogP contribution < -0.4 is 30.2 Å². The molecule has 256 valence electrons. The number of rotatable bonds is 13. The van der Waals surface area contributed by atoms with Gasteiger partial charge in [0.15, 0.2) is 16.6 Å². The van der Waals surface area contributed by atoms with E-state index < -0.39 is 11.8 Å². The number of ether oxygens (including phenoxy) is 3. The van der Waals surface area contributed by atoms with E-state index in [-0.39, 0.29) is 17.4 Å². The van der Waals surface area contributed by atoms with Gasteiger partial charge < -0.3 is 30.2 Å². The predicted octanol–water partition coefficient (Wildman–Crippen LogP) is 8.28. The molecule has 14 heteroatoms. The number of methoxy groups -OCH3 is 3. The summed E-state index contributed by atoms with van der Waals surface area (Å²) in [5, 5.41) is 11.5. The molecular formula is C36H30Cl2N4O6S2. The van der Waals surface area contributed by atoms with E-state index in [2.05, 4.69) is 20.9 Å². The molecule has 0 fully saturated rings. The highest BCUT2D eigenvalue weighted by atomic mass is 35.5. The summed E-state index contributed by atoms with van der Waals surface area (Å²) in [6, 6.07) is 24.1. The molecule has 1 heterocycles. The van der Waals surface area contributed by atoms with Crippen LogP contribution in [0.3, 0.4) is 0 Å². The van der Waals surface area contributed by atoms with Crippen LogP contribution >= 0.6 is 46.3 Å². The average Bonchev–Trinajstić information content (AvgIpc) is 3.60. The lowest BCUT2D eigenvalue weighted by Crippen LogP contribution is -2.30. The van der Waals surface area contributed by atoms with Crippen molar-refractivity contribution in [2.75, 3.05) is 37.7 Å². The summed E-state index contributed by atoms with van der Waals surface area (Å²) in [5.74, 6) is 0.0414. The van der Waals surface area contributed by atoms with Crippen LogP contribution in [0.15, 0.2) is 101 Å². The summed E-state index contributed by atoms with van der Waals surface area (Å²) in [4.78, 5) is 44.6. The summed E-state index contributed by atoms with van der Waals surface area (Å²) in [5.41, 5.74) is 2.82. The van der Waals surface area contributed by atoms with Crippen LogP contribution in [0.2, 0.25) is 10.0 Å². The molecule has 0 unspecified atom stereocenters. The molecule has 0 spiro atoms. The van der Waals surface area contributed by atoms with E-state index in [9.17, 15) is 14.4 Å². The molecular weight excluding hydrogens is 719 g/mol. The van der Waals surface area contributed by atoms with E-state index in [0.717, 1.165) is 10.5 Å². The number of aromatic nitrogens is 1. The Hall–Kier alpha value is -5.01. The Labute approximate surface area is 306 Å². The molecule has 1 aromatic heterocycles. The van der Waals surface area contributed by atoms with E-state index in [1.54, 1.807) is 78.9 Å². The first-order valence-corrected chi connectivity index (χ1v) is 17.4. The van der Waals surface area contributed by atoms with Crippen molar-refractivity contribution < 1.29 is 28.6 Å². The number of carbonyl (C=O) groups excluding carboxylic acids is 3. The number of anilines is 2. The topological polar surface area (TPSA) is 128 Å². The fourth-order valence-corrected chi connectivity index (χ4v) is 6.28. The maximum absolute atomic E-state index is 13.6. The van der Waals surface area contributed by atoms with Gasteiger partial charge in [0.25, 0.3) is 11.8 Å². The van der Waals surface area contributed by atoms with Crippen LogP contribution in [0.5, 0.6) is 17.2 Å². The zero-order chi connectivity index (χ0) is 35.6. The van der Waals surface area contributed by atoms with E-state index in [1.165, 1.54) is 50.5 Å². The van der Waals surface area contributed by atoms with E-state index in [4.69, 9.17) is 37.4 Å². The van der Waals surface area contributed by atoms with Gasteiger partial charge in [-0.25, -0.2) is 4.98 Å². The molecule has 0 bridgehead atoms. The minimum absolute atomic E-state index is 0.0206. The lowest BCUT2D eigenvalue weighted by Gasteiger charge is -2.15.